The Hall–Kier alpha value is -2.75. The lowest BCUT2D eigenvalue weighted by atomic mass is 9.93. The van der Waals surface area contributed by atoms with Gasteiger partial charge in [0.15, 0.2) is 0 Å². The molecular formula is C19H18N2O2. The van der Waals surface area contributed by atoms with Gasteiger partial charge >= 0.3 is 5.97 Å². The molecule has 2 aromatic rings. The predicted molar refractivity (Wildman–Crippen MR) is 90.1 cm³/mol. The van der Waals surface area contributed by atoms with Crippen molar-refractivity contribution in [3.8, 4) is 0 Å². The van der Waals surface area contributed by atoms with Crippen LogP contribution >= 0.6 is 0 Å². The van der Waals surface area contributed by atoms with Crippen molar-refractivity contribution in [2.75, 3.05) is 10.6 Å². The van der Waals surface area contributed by atoms with Crippen LogP contribution in [-0.4, -0.2) is 12.1 Å². The van der Waals surface area contributed by atoms with E-state index in [2.05, 4.69) is 10.6 Å². The number of fused-ring (bicyclic) bond motifs is 1. The van der Waals surface area contributed by atoms with E-state index >= 15 is 0 Å². The van der Waals surface area contributed by atoms with Gasteiger partial charge in [-0.25, -0.2) is 4.79 Å². The monoisotopic (exact) mass is 306 g/mol. The van der Waals surface area contributed by atoms with E-state index in [-0.39, 0.29) is 18.1 Å². The lowest BCUT2D eigenvalue weighted by Crippen LogP contribution is -2.30. The molecule has 2 aromatic carbocycles. The molecular weight excluding hydrogens is 288 g/mol. The van der Waals surface area contributed by atoms with Crippen LogP contribution in [0.1, 0.15) is 24.9 Å². The lowest BCUT2D eigenvalue weighted by molar-refractivity contribution is -0.145. The number of rotatable bonds is 1. The third-order valence-corrected chi connectivity index (χ3v) is 4.28. The third kappa shape index (κ3) is 2.46. The first kappa shape index (κ1) is 13.9. The fourth-order valence-corrected chi connectivity index (χ4v) is 3.22. The molecule has 2 aliphatic rings. The first-order chi connectivity index (χ1) is 11.2. The van der Waals surface area contributed by atoms with Gasteiger partial charge in [0.05, 0.1) is 23.0 Å². The second-order valence-electron chi connectivity index (χ2n) is 5.97. The minimum absolute atomic E-state index is 0.115. The number of para-hydroxylation sites is 2. The molecule has 0 fully saturated rings. The molecule has 0 aromatic heterocycles. The average Bonchev–Trinajstić information content (AvgIpc) is 2.72. The molecule has 4 heteroatoms. The molecule has 4 nitrogen and oxygen atoms in total. The minimum Gasteiger partial charge on any atom is -0.459 e. The SMILES string of the molecule is C[C@H]1CC2=C(C(=O)O1)[C@H](c1ccccc1)Nc1ccccc1N2. The van der Waals surface area contributed by atoms with Crippen molar-refractivity contribution in [2.24, 2.45) is 0 Å². The maximum atomic E-state index is 12.6. The second-order valence-corrected chi connectivity index (χ2v) is 5.97. The molecule has 116 valence electrons. The van der Waals surface area contributed by atoms with Gasteiger partial charge in [0.2, 0.25) is 0 Å². The van der Waals surface area contributed by atoms with Crippen LogP contribution in [0.5, 0.6) is 0 Å². The first-order valence-corrected chi connectivity index (χ1v) is 7.84. The highest BCUT2D eigenvalue weighted by Gasteiger charge is 2.35. The molecule has 2 atom stereocenters. The summed E-state index contributed by atoms with van der Waals surface area (Å²) in [5.41, 5.74) is 4.63. The number of nitrogens with one attached hydrogen (secondary N) is 2. The highest BCUT2D eigenvalue weighted by atomic mass is 16.5. The van der Waals surface area contributed by atoms with Crippen LogP contribution in [0, 0.1) is 0 Å². The van der Waals surface area contributed by atoms with E-state index < -0.39 is 0 Å². The zero-order valence-electron chi connectivity index (χ0n) is 12.9. The van der Waals surface area contributed by atoms with Crippen molar-refractivity contribution >= 4 is 17.3 Å². The molecule has 2 N–H and O–H groups in total. The Balaban J connectivity index is 1.88. The summed E-state index contributed by atoms with van der Waals surface area (Å²) in [4.78, 5) is 12.6. The average molecular weight is 306 g/mol. The van der Waals surface area contributed by atoms with Gasteiger partial charge in [0.25, 0.3) is 0 Å². The lowest BCUT2D eigenvalue weighted by Gasteiger charge is -2.28. The summed E-state index contributed by atoms with van der Waals surface area (Å²) in [5, 5.41) is 6.94. The highest BCUT2D eigenvalue weighted by molar-refractivity contribution is 5.95. The van der Waals surface area contributed by atoms with Crippen LogP contribution in [0.25, 0.3) is 0 Å². The Bertz CT molecular complexity index is 783. The zero-order chi connectivity index (χ0) is 15.8. The number of esters is 1. The molecule has 4 rings (SSSR count). The van der Waals surface area contributed by atoms with E-state index in [0.717, 1.165) is 22.6 Å². The van der Waals surface area contributed by atoms with Gasteiger partial charge in [0.1, 0.15) is 6.10 Å². The van der Waals surface area contributed by atoms with Gasteiger partial charge in [-0.15, -0.1) is 0 Å². The fraction of sp³-hybridized carbons (Fsp3) is 0.211. The van der Waals surface area contributed by atoms with Gasteiger partial charge < -0.3 is 15.4 Å². The van der Waals surface area contributed by atoms with Crippen molar-refractivity contribution < 1.29 is 9.53 Å². The van der Waals surface area contributed by atoms with Crippen molar-refractivity contribution in [3.05, 3.63) is 71.4 Å². The van der Waals surface area contributed by atoms with Crippen LogP contribution in [0.15, 0.2) is 65.9 Å². The summed E-state index contributed by atoms with van der Waals surface area (Å²) in [6.07, 6.45) is 0.580. The normalized spacial score (nSPS) is 22.9. The summed E-state index contributed by atoms with van der Waals surface area (Å²) < 4.78 is 5.48. The zero-order valence-corrected chi connectivity index (χ0v) is 12.9. The fourth-order valence-electron chi connectivity index (χ4n) is 3.22. The third-order valence-electron chi connectivity index (χ3n) is 4.28. The van der Waals surface area contributed by atoms with E-state index in [4.69, 9.17) is 4.74 Å². The Kier molecular flexibility index (Phi) is 3.30. The number of ether oxygens (including phenoxy) is 1. The van der Waals surface area contributed by atoms with Crippen LogP contribution in [0.4, 0.5) is 11.4 Å². The Morgan fingerprint density at radius 1 is 1.00 bits per heavy atom. The number of cyclic esters (lactones) is 1. The number of carbonyl (C=O) groups is 1. The maximum Gasteiger partial charge on any atom is 0.338 e. The number of hydrogen-bond donors (Lipinski definition) is 2. The summed E-state index contributed by atoms with van der Waals surface area (Å²) in [7, 11) is 0. The summed E-state index contributed by atoms with van der Waals surface area (Å²) in [6, 6.07) is 17.8. The molecule has 2 aliphatic heterocycles. The maximum absolute atomic E-state index is 12.6. The molecule has 23 heavy (non-hydrogen) atoms. The standard InChI is InChI=1S/C19H18N2O2/c1-12-11-16-17(19(22)23-12)18(13-7-3-2-4-8-13)21-15-10-6-5-9-14(15)20-16/h2-10,12,18,20-21H,11H2,1H3/t12-,18-/m0/s1. The molecule has 0 amide bonds. The Labute approximate surface area is 135 Å². The topological polar surface area (TPSA) is 50.4 Å². The number of hydrogen-bond acceptors (Lipinski definition) is 4. The van der Waals surface area contributed by atoms with Crippen molar-refractivity contribution in [3.63, 3.8) is 0 Å². The molecule has 0 saturated heterocycles. The highest BCUT2D eigenvalue weighted by Crippen LogP contribution is 2.39. The van der Waals surface area contributed by atoms with E-state index in [1.807, 2.05) is 61.5 Å². The Morgan fingerprint density at radius 3 is 2.48 bits per heavy atom. The molecule has 0 unspecified atom stereocenters. The van der Waals surface area contributed by atoms with Crippen LogP contribution in [0.3, 0.4) is 0 Å². The van der Waals surface area contributed by atoms with Crippen molar-refractivity contribution in [2.45, 2.75) is 25.5 Å². The summed E-state index contributed by atoms with van der Waals surface area (Å²) in [6.45, 7) is 1.92. The van der Waals surface area contributed by atoms with Gasteiger partial charge in [-0.05, 0) is 24.6 Å². The van der Waals surface area contributed by atoms with E-state index in [9.17, 15) is 4.79 Å². The molecule has 0 radical (unpaired) electrons. The molecule has 0 spiro atoms. The number of benzene rings is 2. The molecule has 0 aliphatic carbocycles. The number of anilines is 2. The second kappa shape index (κ2) is 5.47. The van der Waals surface area contributed by atoms with Crippen molar-refractivity contribution in [1.29, 1.82) is 0 Å². The minimum atomic E-state index is -0.250. The van der Waals surface area contributed by atoms with Gasteiger partial charge in [-0.1, -0.05) is 42.5 Å². The summed E-state index contributed by atoms with van der Waals surface area (Å²) >= 11 is 0. The molecule has 2 heterocycles. The summed E-state index contributed by atoms with van der Waals surface area (Å²) in [5.74, 6) is -0.250. The first-order valence-electron chi connectivity index (χ1n) is 7.84. The molecule has 0 saturated carbocycles. The smallest absolute Gasteiger partial charge is 0.338 e. The largest absolute Gasteiger partial charge is 0.459 e. The van der Waals surface area contributed by atoms with E-state index in [1.54, 1.807) is 0 Å². The van der Waals surface area contributed by atoms with Gasteiger partial charge in [-0.3, -0.25) is 0 Å². The predicted octanol–water partition coefficient (Wildman–Crippen LogP) is 3.85. The quantitative estimate of drug-likeness (QED) is 0.786. The molecule has 0 bridgehead atoms. The number of carbonyl (C=O) groups excluding carboxylic acids is 1. The van der Waals surface area contributed by atoms with Gasteiger partial charge in [0, 0.05) is 12.1 Å². The van der Waals surface area contributed by atoms with E-state index in [1.165, 1.54) is 0 Å². The van der Waals surface area contributed by atoms with Crippen LogP contribution < -0.4 is 10.6 Å². The van der Waals surface area contributed by atoms with Gasteiger partial charge in [-0.2, -0.15) is 0 Å². The van der Waals surface area contributed by atoms with Crippen LogP contribution in [-0.2, 0) is 9.53 Å². The Morgan fingerprint density at radius 2 is 1.70 bits per heavy atom. The van der Waals surface area contributed by atoms with Crippen LogP contribution in [0.2, 0.25) is 0 Å². The van der Waals surface area contributed by atoms with E-state index in [0.29, 0.717) is 12.0 Å². The van der Waals surface area contributed by atoms with Crippen molar-refractivity contribution in [1.82, 2.24) is 0 Å².